The second-order valence-corrected chi connectivity index (χ2v) is 6.03. The highest BCUT2D eigenvalue weighted by Gasteiger charge is 2.23. The number of hydrogen-bond donors (Lipinski definition) is 0. The molecule has 1 aromatic carbocycles. The van der Waals surface area contributed by atoms with Crippen LogP contribution >= 0.6 is 0 Å². The van der Waals surface area contributed by atoms with Crippen LogP contribution in [-0.4, -0.2) is 19.9 Å². The fraction of sp³-hybridized carbons (Fsp3) is 0.333. The molecule has 142 valence electrons. The maximum absolute atomic E-state index is 9.32. The van der Waals surface area contributed by atoms with E-state index in [0.29, 0.717) is 33.2 Å². The van der Waals surface area contributed by atoms with Crippen molar-refractivity contribution < 1.29 is 0 Å². The molecule has 0 saturated carbocycles. The summed E-state index contributed by atoms with van der Waals surface area (Å²) in [6.07, 6.45) is 0.750. The summed E-state index contributed by atoms with van der Waals surface area (Å²) in [5.74, 6) is -0.0156. The Balaban J connectivity index is 0.00000145. The van der Waals surface area contributed by atoms with Crippen LogP contribution < -0.4 is 0 Å². The Bertz CT molecular complexity index is 1190. The molecule has 0 radical (unpaired) electrons. The van der Waals surface area contributed by atoms with Crippen molar-refractivity contribution in [2.45, 2.75) is 47.0 Å². The lowest BCUT2D eigenvalue weighted by atomic mass is 9.93. The van der Waals surface area contributed by atoms with Crippen molar-refractivity contribution in [3.63, 3.8) is 0 Å². The summed E-state index contributed by atoms with van der Waals surface area (Å²) < 4.78 is 0. The highest BCUT2D eigenvalue weighted by atomic mass is 14.9. The van der Waals surface area contributed by atoms with Gasteiger partial charge in [0.05, 0.1) is 22.1 Å². The van der Waals surface area contributed by atoms with Crippen molar-refractivity contribution in [1.29, 1.82) is 21.0 Å². The molecule has 0 aliphatic carbocycles. The smallest absolute Gasteiger partial charge is 0.177 e. The summed E-state index contributed by atoms with van der Waals surface area (Å²) in [5, 5.41) is 37.2. The molecular formula is C21H18N8. The number of nitriles is 4. The molecule has 0 fully saturated rings. The first-order valence-corrected chi connectivity index (χ1v) is 9.16. The largest absolute Gasteiger partial charge is 0.232 e. The Morgan fingerprint density at radius 3 is 1.28 bits per heavy atom. The summed E-state index contributed by atoms with van der Waals surface area (Å²) in [5.41, 5.74) is 2.86. The van der Waals surface area contributed by atoms with Gasteiger partial charge in [-0.05, 0) is 19.3 Å². The SMILES string of the molecule is CC.CCC(C)c1c2nc(C#N)c(C#N)nc2c(C)c2nc(C#N)c(C#N)nc12. The van der Waals surface area contributed by atoms with Crippen LogP contribution in [0.2, 0.25) is 0 Å². The third-order valence-corrected chi connectivity index (χ3v) is 4.54. The molecule has 2 heterocycles. The third-order valence-electron chi connectivity index (χ3n) is 4.54. The standard InChI is InChI=1S/C19H12N8.C2H6/c1-4-9(2)15-18-16(24-11(5-20)13(7-22)26-18)10(3)17-19(15)27-14(8-23)12(6-21)25-17;1-2/h9H,4H2,1-3H3;1-2H3. The van der Waals surface area contributed by atoms with Gasteiger partial charge in [-0.3, -0.25) is 0 Å². The van der Waals surface area contributed by atoms with Crippen LogP contribution in [0.25, 0.3) is 22.1 Å². The predicted molar refractivity (Wildman–Crippen MR) is 106 cm³/mol. The minimum atomic E-state index is -0.0651. The monoisotopic (exact) mass is 382 g/mol. The van der Waals surface area contributed by atoms with Crippen LogP contribution in [0.5, 0.6) is 0 Å². The summed E-state index contributed by atoms with van der Waals surface area (Å²) in [7, 11) is 0. The van der Waals surface area contributed by atoms with E-state index in [1.54, 1.807) is 6.92 Å². The van der Waals surface area contributed by atoms with E-state index in [2.05, 4.69) is 19.9 Å². The van der Waals surface area contributed by atoms with E-state index in [4.69, 9.17) is 0 Å². The molecule has 0 bridgehead atoms. The van der Waals surface area contributed by atoms with Crippen molar-refractivity contribution in [2.75, 3.05) is 0 Å². The van der Waals surface area contributed by atoms with Crippen LogP contribution in [0.4, 0.5) is 0 Å². The van der Waals surface area contributed by atoms with Gasteiger partial charge in [-0.15, -0.1) is 0 Å². The van der Waals surface area contributed by atoms with Crippen molar-refractivity contribution in [3.05, 3.63) is 33.9 Å². The Morgan fingerprint density at radius 1 is 0.690 bits per heavy atom. The molecule has 0 saturated heterocycles. The zero-order valence-corrected chi connectivity index (χ0v) is 16.9. The van der Waals surface area contributed by atoms with E-state index in [0.717, 1.165) is 6.42 Å². The Hall–Kier alpha value is -4.14. The van der Waals surface area contributed by atoms with Gasteiger partial charge in [-0.2, -0.15) is 21.0 Å². The van der Waals surface area contributed by atoms with Gasteiger partial charge in [-0.25, -0.2) is 19.9 Å². The van der Waals surface area contributed by atoms with Gasteiger partial charge in [0.25, 0.3) is 0 Å². The highest BCUT2D eigenvalue weighted by Crippen LogP contribution is 2.35. The molecular weight excluding hydrogens is 364 g/mol. The molecule has 3 aromatic rings. The molecule has 0 amide bonds. The Kier molecular flexibility index (Phi) is 6.35. The van der Waals surface area contributed by atoms with E-state index in [1.165, 1.54) is 0 Å². The molecule has 0 aliphatic heterocycles. The van der Waals surface area contributed by atoms with Crippen molar-refractivity contribution in [2.24, 2.45) is 0 Å². The van der Waals surface area contributed by atoms with Crippen molar-refractivity contribution >= 4 is 22.1 Å². The first kappa shape index (κ1) is 21.2. The van der Waals surface area contributed by atoms with Crippen LogP contribution in [0.1, 0.15) is 73.9 Å². The molecule has 0 spiro atoms. The summed E-state index contributed by atoms with van der Waals surface area (Å²) in [6, 6.07) is 7.59. The second-order valence-electron chi connectivity index (χ2n) is 6.03. The summed E-state index contributed by atoms with van der Waals surface area (Å²) >= 11 is 0. The Morgan fingerprint density at radius 2 is 1.00 bits per heavy atom. The van der Waals surface area contributed by atoms with E-state index in [1.807, 2.05) is 52.0 Å². The zero-order chi connectivity index (χ0) is 21.7. The topological polar surface area (TPSA) is 147 Å². The van der Waals surface area contributed by atoms with E-state index in [-0.39, 0.29) is 28.7 Å². The number of aryl methyl sites for hydroxylation is 1. The quantitative estimate of drug-likeness (QED) is 0.606. The van der Waals surface area contributed by atoms with Crippen molar-refractivity contribution in [3.8, 4) is 24.3 Å². The second kappa shape index (κ2) is 8.70. The van der Waals surface area contributed by atoms with E-state index in [9.17, 15) is 21.0 Å². The molecule has 8 heteroatoms. The lowest BCUT2D eigenvalue weighted by molar-refractivity contribution is 0.741. The van der Waals surface area contributed by atoms with Crippen LogP contribution in [0.15, 0.2) is 0 Å². The maximum Gasteiger partial charge on any atom is 0.177 e. The number of rotatable bonds is 2. The average molecular weight is 382 g/mol. The third kappa shape index (κ3) is 3.41. The number of benzene rings is 1. The number of nitrogens with zero attached hydrogens (tertiary/aromatic N) is 8. The van der Waals surface area contributed by atoms with Crippen LogP contribution in [0.3, 0.4) is 0 Å². The normalized spacial score (nSPS) is 10.8. The van der Waals surface area contributed by atoms with Gasteiger partial charge < -0.3 is 0 Å². The maximum atomic E-state index is 9.32. The van der Waals surface area contributed by atoms with Crippen LogP contribution in [0, 0.1) is 52.2 Å². The van der Waals surface area contributed by atoms with Gasteiger partial charge in [-0.1, -0.05) is 27.7 Å². The van der Waals surface area contributed by atoms with Gasteiger partial charge in [0, 0.05) is 11.1 Å². The molecule has 29 heavy (non-hydrogen) atoms. The van der Waals surface area contributed by atoms with Gasteiger partial charge in [0.2, 0.25) is 0 Å². The fourth-order valence-electron chi connectivity index (χ4n) is 2.98. The molecule has 1 unspecified atom stereocenters. The molecule has 1 atom stereocenters. The average Bonchev–Trinajstić information content (AvgIpc) is 2.78. The Labute approximate surface area is 168 Å². The number of fused-ring (bicyclic) bond motifs is 2. The fourth-order valence-corrected chi connectivity index (χ4v) is 2.98. The number of hydrogen-bond acceptors (Lipinski definition) is 8. The lowest BCUT2D eigenvalue weighted by Gasteiger charge is -2.17. The highest BCUT2D eigenvalue weighted by molar-refractivity contribution is 6.00. The first-order chi connectivity index (χ1) is 14.0. The molecule has 2 aromatic heterocycles. The van der Waals surface area contributed by atoms with Crippen molar-refractivity contribution in [1.82, 2.24) is 19.9 Å². The molecule has 0 N–H and O–H groups in total. The van der Waals surface area contributed by atoms with Gasteiger partial charge >= 0.3 is 0 Å². The zero-order valence-electron chi connectivity index (χ0n) is 16.9. The molecule has 8 nitrogen and oxygen atoms in total. The van der Waals surface area contributed by atoms with E-state index < -0.39 is 0 Å². The van der Waals surface area contributed by atoms with Crippen LogP contribution in [-0.2, 0) is 0 Å². The van der Waals surface area contributed by atoms with Gasteiger partial charge in [0.15, 0.2) is 22.8 Å². The molecule has 3 rings (SSSR count). The molecule has 0 aliphatic rings. The lowest BCUT2D eigenvalue weighted by Crippen LogP contribution is -2.07. The predicted octanol–water partition coefficient (Wildman–Crippen LogP) is 3.91. The van der Waals surface area contributed by atoms with Gasteiger partial charge in [0.1, 0.15) is 24.3 Å². The minimum Gasteiger partial charge on any atom is -0.232 e. The minimum absolute atomic E-state index is 0.0156. The summed E-state index contributed by atoms with van der Waals surface area (Å²) in [6.45, 7) is 9.71. The first-order valence-electron chi connectivity index (χ1n) is 9.16. The van der Waals surface area contributed by atoms with E-state index >= 15 is 0 Å². The summed E-state index contributed by atoms with van der Waals surface area (Å²) in [4.78, 5) is 17.4. The number of aromatic nitrogens is 4.